The van der Waals surface area contributed by atoms with E-state index in [1.165, 1.54) is 0 Å². The molecule has 4 heteroatoms. The topological polar surface area (TPSA) is 73.8 Å². The highest BCUT2D eigenvalue weighted by molar-refractivity contribution is 5.95. The van der Waals surface area contributed by atoms with Crippen LogP contribution in [0.15, 0.2) is 64.6 Å². The van der Waals surface area contributed by atoms with Gasteiger partial charge in [-0.1, -0.05) is 54.6 Å². The fourth-order valence-corrected chi connectivity index (χ4v) is 2.27. The first-order valence-corrected chi connectivity index (χ1v) is 6.44. The van der Waals surface area contributed by atoms with Crippen LogP contribution >= 0.6 is 0 Å². The molecular formula is C16H14N3O-. The summed E-state index contributed by atoms with van der Waals surface area (Å²) >= 11 is 0. The minimum Gasteiger partial charge on any atom is -0.858 e. The van der Waals surface area contributed by atoms with Gasteiger partial charge in [-0.05, 0) is 17.0 Å². The average Bonchev–Trinajstić information content (AvgIpc) is 2.77. The molecule has 3 rings (SSSR count). The van der Waals surface area contributed by atoms with Gasteiger partial charge in [0.15, 0.2) is 6.17 Å². The lowest BCUT2D eigenvalue weighted by atomic mass is 10.1. The zero-order valence-corrected chi connectivity index (χ0v) is 10.9. The molecule has 0 fully saturated rings. The molecule has 1 unspecified atom stereocenters. The summed E-state index contributed by atoms with van der Waals surface area (Å²) in [6, 6.07) is 17.2. The molecule has 0 radical (unpaired) electrons. The third kappa shape index (κ3) is 2.40. The van der Waals surface area contributed by atoms with Gasteiger partial charge < -0.3 is 10.8 Å². The number of amidine groups is 1. The van der Waals surface area contributed by atoms with Crippen LogP contribution in [0, 0.1) is 0 Å². The van der Waals surface area contributed by atoms with Gasteiger partial charge in [0.2, 0.25) is 0 Å². The highest BCUT2D eigenvalue weighted by Gasteiger charge is 2.19. The van der Waals surface area contributed by atoms with Crippen LogP contribution in [0.25, 0.3) is 0 Å². The number of hydrogen-bond acceptors (Lipinski definition) is 3. The number of hydrogen-bond donors (Lipinski definition) is 1. The number of nitrogens with two attached hydrogens (primary N) is 1. The maximum atomic E-state index is 11.7. The van der Waals surface area contributed by atoms with Gasteiger partial charge in [-0.2, -0.15) is 0 Å². The van der Waals surface area contributed by atoms with Gasteiger partial charge in [-0.3, -0.25) is 4.99 Å². The summed E-state index contributed by atoms with van der Waals surface area (Å²) in [7, 11) is 0. The fraction of sp³-hybridized carbons (Fsp3) is 0.125. The highest BCUT2D eigenvalue weighted by Crippen LogP contribution is 2.28. The molecule has 2 aromatic carbocycles. The zero-order chi connectivity index (χ0) is 13.9. The molecule has 0 saturated heterocycles. The molecule has 0 aromatic heterocycles. The monoisotopic (exact) mass is 264 g/mol. The molecule has 0 aliphatic carbocycles. The quantitative estimate of drug-likeness (QED) is 0.672. The Kier molecular flexibility index (Phi) is 3.21. The molecule has 2 aromatic rings. The summed E-state index contributed by atoms with van der Waals surface area (Å²) < 4.78 is 0. The molecule has 20 heavy (non-hydrogen) atoms. The molecule has 2 N–H and O–H groups in total. The first-order chi connectivity index (χ1) is 9.74. The largest absolute Gasteiger partial charge is 0.858 e. The lowest BCUT2D eigenvalue weighted by Crippen LogP contribution is -2.16. The smallest absolute Gasteiger partial charge is 0.166 e. The standard InChI is InChI=1S/C16H15N3O/c17-14(10-11-6-2-1-3-7-11)18-15-12-8-4-5-9-13(12)16(20)19-15/h1-9,15H,10H2,(H2,17,18)(H,19,20)/p-1. The summed E-state index contributed by atoms with van der Waals surface area (Å²) in [5.41, 5.74) is 8.50. The van der Waals surface area contributed by atoms with Crippen molar-refractivity contribution >= 4 is 11.7 Å². The van der Waals surface area contributed by atoms with Crippen molar-refractivity contribution in [2.45, 2.75) is 12.6 Å². The van der Waals surface area contributed by atoms with Crippen molar-refractivity contribution in [2.75, 3.05) is 0 Å². The van der Waals surface area contributed by atoms with Gasteiger partial charge >= 0.3 is 0 Å². The van der Waals surface area contributed by atoms with E-state index < -0.39 is 6.17 Å². The number of nitrogens with zero attached hydrogens (tertiary/aromatic N) is 2. The van der Waals surface area contributed by atoms with E-state index in [4.69, 9.17) is 5.73 Å². The van der Waals surface area contributed by atoms with Crippen LogP contribution in [0.2, 0.25) is 0 Å². The van der Waals surface area contributed by atoms with Gasteiger partial charge in [-0.15, -0.1) is 0 Å². The van der Waals surface area contributed by atoms with Crippen LogP contribution in [0.5, 0.6) is 0 Å². The Morgan fingerprint density at radius 2 is 1.80 bits per heavy atom. The Labute approximate surface area is 117 Å². The second-order valence-corrected chi connectivity index (χ2v) is 4.68. The van der Waals surface area contributed by atoms with E-state index in [-0.39, 0.29) is 5.90 Å². The van der Waals surface area contributed by atoms with Crippen molar-refractivity contribution in [1.29, 1.82) is 0 Å². The minimum atomic E-state index is -0.498. The van der Waals surface area contributed by atoms with Crippen molar-refractivity contribution in [1.82, 2.24) is 0 Å². The minimum absolute atomic E-state index is 0.220. The van der Waals surface area contributed by atoms with Crippen molar-refractivity contribution in [3.63, 3.8) is 0 Å². The molecule has 0 bridgehead atoms. The van der Waals surface area contributed by atoms with Crippen LogP contribution in [0.3, 0.4) is 0 Å². The molecule has 0 spiro atoms. The molecule has 0 saturated carbocycles. The van der Waals surface area contributed by atoms with Crippen LogP contribution in [-0.4, -0.2) is 11.7 Å². The van der Waals surface area contributed by atoms with Gasteiger partial charge in [0, 0.05) is 12.0 Å². The molecule has 4 nitrogen and oxygen atoms in total. The molecular weight excluding hydrogens is 250 g/mol. The van der Waals surface area contributed by atoms with E-state index in [1.54, 1.807) is 6.07 Å². The zero-order valence-electron chi connectivity index (χ0n) is 10.9. The second kappa shape index (κ2) is 5.17. The Morgan fingerprint density at radius 3 is 2.60 bits per heavy atom. The van der Waals surface area contributed by atoms with E-state index in [0.717, 1.165) is 11.1 Å². The summed E-state index contributed by atoms with van der Waals surface area (Å²) in [5.74, 6) is 0.260. The Balaban J connectivity index is 1.83. The lowest BCUT2D eigenvalue weighted by Gasteiger charge is -2.07. The Bertz CT molecular complexity index is 677. The van der Waals surface area contributed by atoms with Gasteiger partial charge in [-0.25, -0.2) is 4.99 Å². The van der Waals surface area contributed by atoms with Crippen LogP contribution in [0.4, 0.5) is 0 Å². The highest BCUT2D eigenvalue weighted by atomic mass is 16.3. The predicted octanol–water partition coefficient (Wildman–Crippen LogP) is 1.41. The van der Waals surface area contributed by atoms with Gasteiger partial charge in [0.05, 0.1) is 0 Å². The van der Waals surface area contributed by atoms with Crippen molar-refractivity contribution < 1.29 is 5.11 Å². The summed E-state index contributed by atoms with van der Waals surface area (Å²) in [5, 5.41) is 11.7. The molecule has 100 valence electrons. The molecule has 1 atom stereocenters. The first kappa shape index (κ1) is 12.4. The maximum absolute atomic E-state index is 11.7. The number of rotatable bonds is 3. The first-order valence-electron chi connectivity index (χ1n) is 6.44. The number of aliphatic imine (C=N–C) groups is 2. The Hall–Kier alpha value is -2.62. The third-order valence-corrected chi connectivity index (χ3v) is 3.23. The normalized spacial score (nSPS) is 17.7. The predicted molar refractivity (Wildman–Crippen MR) is 77.5 cm³/mol. The average molecular weight is 264 g/mol. The summed E-state index contributed by atoms with van der Waals surface area (Å²) in [4.78, 5) is 8.40. The third-order valence-electron chi connectivity index (χ3n) is 3.23. The molecule has 1 aliphatic rings. The van der Waals surface area contributed by atoms with E-state index in [0.29, 0.717) is 17.8 Å². The van der Waals surface area contributed by atoms with Crippen LogP contribution in [-0.2, 0) is 6.42 Å². The number of benzene rings is 2. The van der Waals surface area contributed by atoms with Gasteiger partial charge in [0.25, 0.3) is 0 Å². The van der Waals surface area contributed by atoms with Gasteiger partial charge in [0.1, 0.15) is 5.84 Å². The van der Waals surface area contributed by atoms with E-state index in [1.807, 2.05) is 48.5 Å². The summed E-state index contributed by atoms with van der Waals surface area (Å²) in [6.45, 7) is 0. The SMILES string of the molecule is NC(Cc1ccccc1)=NC1N=C([O-])c2ccccc21. The van der Waals surface area contributed by atoms with Crippen molar-refractivity contribution in [3.05, 3.63) is 71.3 Å². The molecule has 1 heterocycles. The fourth-order valence-electron chi connectivity index (χ4n) is 2.27. The van der Waals surface area contributed by atoms with E-state index in [9.17, 15) is 5.11 Å². The molecule has 0 amide bonds. The lowest BCUT2D eigenvalue weighted by molar-refractivity contribution is -0.212. The van der Waals surface area contributed by atoms with E-state index >= 15 is 0 Å². The van der Waals surface area contributed by atoms with Crippen molar-refractivity contribution in [3.8, 4) is 0 Å². The van der Waals surface area contributed by atoms with E-state index in [2.05, 4.69) is 9.98 Å². The Morgan fingerprint density at radius 1 is 1.10 bits per heavy atom. The van der Waals surface area contributed by atoms with Crippen LogP contribution < -0.4 is 10.8 Å². The maximum Gasteiger partial charge on any atom is 0.166 e. The van der Waals surface area contributed by atoms with Crippen LogP contribution in [0.1, 0.15) is 22.9 Å². The summed E-state index contributed by atoms with van der Waals surface area (Å²) in [6.07, 6.45) is 0.0610. The second-order valence-electron chi connectivity index (χ2n) is 4.68. The molecule has 1 aliphatic heterocycles. The van der Waals surface area contributed by atoms with Crippen molar-refractivity contribution in [2.24, 2.45) is 15.7 Å². The number of fused-ring (bicyclic) bond motifs is 1.